The molecule has 1 aromatic rings. The molecule has 1 nitrogen and oxygen atoms in total. The normalized spacial score (nSPS) is 29.8. The molecule has 2 heterocycles. The van der Waals surface area contributed by atoms with E-state index >= 15 is 0 Å². The number of allylic oxidation sites excluding steroid dienone is 2. The predicted octanol–water partition coefficient (Wildman–Crippen LogP) is 7.04. The Morgan fingerprint density at radius 3 is 2.24 bits per heavy atom. The third-order valence-electron chi connectivity index (χ3n) is 6.87. The van der Waals surface area contributed by atoms with Crippen LogP contribution >= 0.6 is 0 Å². The minimum atomic E-state index is -0.929. The summed E-state index contributed by atoms with van der Waals surface area (Å²) in [5.41, 5.74) is 2.26. The van der Waals surface area contributed by atoms with E-state index in [1.165, 1.54) is 50.5 Å². The van der Waals surface area contributed by atoms with Crippen molar-refractivity contribution in [3.63, 3.8) is 0 Å². The van der Waals surface area contributed by atoms with E-state index in [-0.39, 0.29) is 0 Å². The molecule has 0 saturated carbocycles. The largest absolute Gasteiger partial charge is 0.192 e. The predicted molar refractivity (Wildman–Crippen MR) is 110 cm³/mol. The topological polar surface area (TPSA) is 23.8 Å². The molecule has 1 aromatic carbocycles. The Hall–Kier alpha value is -1.33. The van der Waals surface area contributed by atoms with Gasteiger partial charge in [0.2, 0.25) is 0 Å². The zero-order chi connectivity index (χ0) is 17.5. The minimum Gasteiger partial charge on any atom is -0.192 e. The van der Waals surface area contributed by atoms with E-state index in [0.717, 1.165) is 17.4 Å². The molecular formula is C23H33NSi. The van der Waals surface area contributed by atoms with Crippen LogP contribution in [0.2, 0.25) is 24.2 Å². The summed E-state index contributed by atoms with van der Waals surface area (Å²) >= 11 is 0. The summed E-state index contributed by atoms with van der Waals surface area (Å²) in [5.74, 6) is 1.76. The third-order valence-corrected chi connectivity index (χ3v) is 12.3. The van der Waals surface area contributed by atoms with Crippen molar-refractivity contribution in [3.05, 3.63) is 47.5 Å². The highest BCUT2D eigenvalue weighted by Crippen LogP contribution is 2.47. The summed E-state index contributed by atoms with van der Waals surface area (Å²) < 4.78 is 0. The number of hydrogen-bond donors (Lipinski definition) is 0. The quantitative estimate of drug-likeness (QED) is 0.412. The van der Waals surface area contributed by atoms with Gasteiger partial charge in [0, 0.05) is 0 Å². The highest BCUT2D eigenvalue weighted by atomic mass is 28.3. The van der Waals surface area contributed by atoms with Crippen molar-refractivity contribution in [3.8, 4) is 6.07 Å². The Morgan fingerprint density at radius 1 is 1.00 bits per heavy atom. The summed E-state index contributed by atoms with van der Waals surface area (Å²) in [6, 6.07) is 16.9. The smallest absolute Gasteiger partial charge is 0.0991 e. The van der Waals surface area contributed by atoms with Gasteiger partial charge in [0.1, 0.15) is 0 Å². The molecule has 25 heavy (non-hydrogen) atoms. The second kappa shape index (κ2) is 8.85. The van der Waals surface area contributed by atoms with Gasteiger partial charge in [0.25, 0.3) is 0 Å². The standard InChI is InChI=1S/C23H33NSi/c1-2-3-4-5-6-20-11-15-25(16-12-20)17-13-23(14-18-25)22-9-7-21(19-24)8-10-22/h3-4,7-10,20,23H,2,5-6,11-18H2,1H3/b4-3+. The van der Waals surface area contributed by atoms with Crippen LogP contribution in [0.5, 0.6) is 0 Å². The Bertz CT molecular complexity index is 592. The fourth-order valence-corrected chi connectivity index (χ4v) is 10.6. The van der Waals surface area contributed by atoms with Crippen LogP contribution in [0.4, 0.5) is 0 Å². The summed E-state index contributed by atoms with van der Waals surface area (Å²) in [6.45, 7) is 2.22. The van der Waals surface area contributed by atoms with E-state index in [0.29, 0.717) is 0 Å². The van der Waals surface area contributed by atoms with Gasteiger partial charge in [0.05, 0.1) is 19.7 Å². The van der Waals surface area contributed by atoms with Crippen molar-refractivity contribution in [2.24, 2.45) is 5.92 Å². The van der Waals surface area contributed by atoms with E-state index in [4.69, 9.17) is 5.26 Å². The Kier molecular flexibility index (Phi) is 6.54. The SMILES string of the molecule is CC/C=C/CCC1CC[Si]2(CC1)CCC(c1ccc(C#N)cc1)CC2. The molecule has 2 saturated heterocycles. The van der Waals surface area contributed by atoms with Crippen LogP contribution < -0.4 is 0 Å². The zero-order valence-electron chi connectivity index (χ0n) is 15.8. The molecule has 134 valence electrons. The number of hydrogen-bond acceptors (Lipinski definition) is 1. The molecule has 2 aliphatic rings. The lowest BCUT2D eigenvalue weighted by molar-refractivity contribution is 0.428. The van der Waals surface area contributed by atoms with Gasteiger partial charge in [-0.2, -0.15) is 5.26 Å². The van der Waals surface area contributed by atoms with Crippen LogP contribution in [0.25, 0.3) is 0 Å². The first-order valence-corrected chi connectivity index (χ1v) is 13.2. The highest BCUT2D eigenvalue weighted by molar-refractivity contribution is 6.80. The van der Waals surface area contributed by atoms with Crippen molar-refractivity contribution in [2.75, 3.05) is 0 Å². The average molecular weight is 352 g/mol. The molecule has 2 aliphatic heterocycles. The first-order chi connectivity index (χ1) is 12.2. The molecule has 0 unspecified atom stereocenters. The third kappa shape index (κ3) is 4.85. The minimum absolute atomic E-state index is 0.753. The highest BCUT2D eigenvalue weighted by Gasteiger charge is 2.40. The van der Waals surface area contributed by atoms with Crippen molar-refractivity contribution in [2.45, 2.75) is 82.0 Å². The Morgan fingerprint density at radius 2 is 1.64 bits per heavy atom. The van der Waals surface area contributed by atoms with Crippen LogP contribution in [0.15, 0.2) is 36.4 Å². The molecule has 3 rings (SSSR count). The van der Waals surface area contributed by atoms with Gasteiger partial charge >= 0.3 is 0 Å². The monoisotopic (exact) mass is 351 g/mol. The van der Waals surface area contributed by atoms with E-state index in [9.17, 15) is 0 Å². The summed E-state index contributed by atoms with van der Waals surface area (Å²) in [7, 11) is -0.929. The molecule has 0 amide bonds. The van der Waals surface area contributed by atoms with E-state index in [1.54, 1.807) is 24.2 Å². The van der Waals surface area contributed by atoms with Crippen molar-refractivity contribution >= 4 is 8.07 Å². The fourth-order valence-electron chi connectivity index (χ4n) is 5.09. The van der Waals surface area contributed by atoms with Gasteiger partial charge in [-0.3, -0.25) is 0 Å². The lowest BCUT2D eigenvalue weighted by Crippen LogP contribution is -2.41. The van der Waals surface area contributed by atoms with Crippen molar-refractivity contribution < 1.29 is 0 Å². The van der Waals surface area contributed by atoms with Gasteiger partial charge in [0.15, 0.2) is 0 Å². The van der Waals surface area contributed by atoms with Crippen molar-refractivity contribution in [1.29, 1.82) is 5.26 Å². The second-order valence-corrected chi connectivity index (χ2v) is 13.4. The summed E-state index contributed by atoms with van der Waals surface area (Å²) in [4.78, 5) is 0. The molecule has 0 bridgehead atoms. The Balaban J connectivity index is 1.46. The van der Waals surface area contributed by atoms with E-state index in [2.05, 4.69) is 37.3 Å². The lowest BCUT2D eigenvalue weighted by atomic mass is 9.93. The van der Waals surface area contributed by atoms with Crippen LogP contribution in [0.3, 0.4) is 0 Å². The maximum Gasteiger partial charge on any atom is 0.0991 e. The molecule has 2 fully saturated rings. The summed E-state index contributed by atoms with van der Waals surface area (Å²) in [6.07, 6.45) is 14.5. The molecule has 0 N–H and O–H groups in total. The van der Waals surface area contributed by atoms with Crippen LogP contribution in [0.1, 0.15) is 68.9 Å². The van der Waals surface area contributed by atoms with Crippen LogP contribution in [-0.2, 0) is 0 Å². The van der Waals surface area contributed by atoms with E-state index in [1.807, 2.05) is 12.1 Å². The van der Waals surface area contributed by atoms with Crippen LogP contribution in [-0.4, -0.2) is 8.07 Å². The fraction of sp³-hybridized carbons (Fsp3) is 0.609. The molecule has 0 aromatic heterocycles. The lowest BCUT2D eigenvalue weighted by Gasteiger charge is -2.43. The van der Waals surface area contributed by atoms with Crippen molar-refractivity contribution in [1.82, 2.24) is 0 Å². The molecule has 0 radical (unpaired) electrons. The van der Waals surface area contributed by atoms with Gasteiger partial charge < -0.3 is 0 Å². The molecule has 0 aliphatic carbocycles. The zero-order valence-corrected chi connectivity index (χ0v) is 16.8. The first-order valence-electron chi connectivity index (χ1n) is 10.4. The second-order valence-electron chi connectivity index (χ2n) is 8.41. The number of benzene rings is 1. The molecule has 0 atom stereocenters. The molecule has 1 spiro atoms. The average Bonchev–Trinajstić information content (AvgIpc) is 2.68. The van der Waals surface area contributed by atoms with Gasteiger partial charge in [-0.15, -0.1) is 0 Å². The summed E-state index contributed by atoms with van der Waals surface area (Å²) in [5, 5.41) is 8.96. The number of nitrogens with zero attached hydrogens (tertiary/aromatic N) is 1. The molecule has 2 heteroatoms. The van der Waals surface area contributed by atoms with Gasteiger partial charge in [-0.05, 0) is 61.6 Å². The first kappa shape index (κ1) is 18.5. The number of nitriles is 1. The Labute approximate surface area is 155 Å². The maximum absolute atomic E-state index is 8.96. The van der Waals surface area contributed by atoms with Crippen LogP contribution in [0, 0.1) is 17.2 Å². The molecular weight excluding hydrogens is 318 g/mol. The van der Waals surface area contributed by atoms with Gasteiger partial charge in [-0.25, -0.2) is 0 Å². The van der Waals surface area contributed by atoms with E-state index < -0.39 is 8.07 Å². The number of rotatable bonds is 5. The van der Waals surface area contributed by atoms with Gasteiger partial charge in [-0.1, -0.05) is 68.2 Å². The maximum atomic E-state index is 8.96.